The topological polar surface area (TPSA) is 87.9 Å². The zero-order valence-electron chi connectivity index (χ0n) is 25.9. The van der Waals surface area contributed by atoms with E-state index in [-0.39, 0.29) is 24.5 Å². The van der Waals surface area contributed by atoms with E-state index in [1.165, 1.54) is 42.3 Å². The van der Waals surface area contributed by atoms with E-state index in [1.54, 1.807) is 19.3 Å². The number of carbonyl (C=O) groups is 2. The van der Waals surface area contributed by atoms with Gasteiger partial charge in [-0.2, -0.15) is 0 Å². The number of imidazole rings is 1. The number of hydrogen-bond acceptors (Lipinski definition) is 6. The summed E-state index contributed by atoms with van der Waals surface area (Å²) >= 11 is 0. The third kappa shape index (κ3) is 4.64. The number of amides is 1. The van der Waals surface area contributed by atoms with Gasteiger partial charge in [0.25, 0.3) is 5.91 Å². The number of nitrogens with zero attached hydrogens (tertiary/aromatic N) is 4. The molecule has 3 aliphatic carbocycles. The summed E-state index contributed by atoms with van der Waals surface area (Å²) in [6.45, 7) is 6.43. The number of benzene rings is 2. The van der Waals surface area contributed by atoms with Crippen molar-refractivity contribution in [2.75, 3.05) is 32.8 Å². The van der Waals surface area contributed by atoms with Crippen molar-refractivity contribution < 1.29 is 23.8 Å². The van der Waals surface area contributed by atoms with Crippen LogP contribution in [-0.4, -0.2) is 69.2 Å². The molecule has 1 N–H and O–H groups in total. The van der Waals surface area contributed by atoms with Crippen molar-refractivity contribution in [2.24, 2.45) is 11.3 Å². The quantitative estimate of drug-likeness (QED) is 0.342. The zero-order valence-corrected chi connectivity index (χ0v) is 25.9. The van der Waals surface area contributed by atoms with Crippen LogP contribution in [0.2, 0.25) is 0 Å². The minimum atomic E-state index is -1.01. The van der Waals surface area contributed by atoms with Crippen molar-refractivity contribution in [3.05, 3.63) is 76.6 Å². The van der Waals surface area contributed by atoms with Gasteiger partial charge in [0.15, 0.2) is 6.04 Å². The van der Waals surface area contributed by atoms with E-state index in [4.69, 9.17) is 4.74 Å². The van der Waals surface area contributed by atoms with E-state index in [9.17, 15) is 14.7 Å². The number of aliphatic hydroxyl groups is 1. The van der Waals surface area contributed by atoms with Crippen LogP contribution in [0.5, 0.6) is 0 Å². The number of fused-ring (bicyclic) bond motifs is 2. The smallest absolute Gasteiger partial charge is 0.335 e. The average molecular weight is 613 g/mol. The van der Waals surface area contributed by atoms with Gasteiger partial charge >= 0.3 is 5.97 Å². The van der Waals surface area contributed by atoms with Crippen LogP contribution in [0, 0.1) is 17.2 Å². The van der Waals surface area contributed by atoms with Gasteiger partial charge in [0, 0.05) is 36.5 Å². The first-order valence-corrected chi connectivity index (χ1v) is 16.6. The minimum absolute atomic E-state index is 0.00128. The second kappa shape index (κ2) is 10.8. The van der Waals surface area contributed by atoms with Crippen LogP contribution in [0.4, 0.5) is 4.39 Å². The Morgan fingerprint density at radius 3 is 2.58 bits per heavy atom. The molecule has 4 heterocycles. The van der Waals surface area contributed by atoms with Crippen molar-refractivity contribution in [2.45, 2.75) is 76.4 Å². The van der Waals surface area contributed by atoms with Crippen LogP contribution in [0.1, 0.15) is 84.4 Å². The molecular formula is C36H41FN4O4. The van der Waals surface area contributed by atoms with Crippen molar-refractivity contribution >= 4 is 11.9 Å². The molecule has 4 fully saturated rings. The van der Waals surface area contributed by atoms with Gasteiger partial charge in [-0.25, -0.2) is 14.2 Å². The number of hydrogen-bond donors (Lipinski definition) is 1. The minimum Gasteiger partial charge on any atom is -0.464 e. The number of aromatic nitrogens is 2. The van der Waals surface area contributed by atoms with Crippen LogP contribution >= 0.6 is 0 Å². The molecule has 236 valence electrons. The van der Waals surface area contributed by atoms with Gasteiger partial charge in [-0.1, -0.05) is 24.3 Å². The van der Waals surface area contributed by atoms with Crippen LogP contribution < -0.4 is 0 Å². The lowest BCUT2D eigenvalue weighted by Gasteiger charge is -2.72. The number of aryl methyl sites for hydroxylation is 1. The first-order chi connectivity index (χ1) is 21.8. The molecule has 9 heteroatoms. The Morgan fingerprint density at radius 2 is 1.87 bits per heavy atom. The van der Waals surface area contributed by atoms with Crippen molar-refractivity contribution in [3.8, 4) is 11.1 Å². The Hall–Kier alpha value is -3.56. The summed E-state index contributed by atoms with van der Waals surface area (Å²) in [6.07, 6.45) is 9.32. The second-order valence-electron chi connectivity index (χ2n) is 14.2. The van der Waals surface area contributed by atoms with Crippen molar-refractivity contribution in [3.63, 3.8) is 0 Å². The van der Waals surface area contributed by atoms with Crippen LogP contribution in [-0.2, 0) is 34.5 Å². The Labute approximate surface area is 263 Å². The Morgan fingerprint density at radius 1 is 1.11 bits per heavy atom. The third-order valence-electron chi connectivity index (χ3n) is 11.4. The lowest BCUT2D eigenvalue weighted by molar-refractivity contribution is -0.158. The summed E-state index contributed by atoms with van der Waals surface area (Å²) in [7, 11) is 0. The standard InChI is InChI=1S/C36H41FN4O4/c1-2-45-34(44)32(31-30-4-3-11-40(30)22-38-31)41-16-28-27(33(41)43)14-25(15-29(28)37)24-5-7-26(8-6-24)36-18-35(19-36,20-36)21-39-12-9-23(17-42)10-13-39/h5-8,14-15,22-23,32,42H,2-4,9-13,16-21H2,1H3/t32-,35?,36?/m1/s1. The molecule has 3 aliphatic heterocycles. The lowest BCUT2D eigenvalue weighted by Crippen LogP contribution is -2.68. The molecule has 1 saturated heterocycles. The van der Waals surface area contributed by atoms with E-state index in [0.29, 0.717) is 40.3 Å². The molecule has 8 nitrogen and oxygen atoms in total. The van der Waals surface area contributed by atoms with Crippen molar-refractivity contribution in [1.29, 1.82) is 0 Å². The number of ether oxygens (including phenoxy) is 1. The highest BCUT2D eigenvalue weighted by atomic mass is 19.1. The summed E-state index contributed by atoms with van der Waals surface area (Å²) in [4.78, 5) is 35.6. The molecule has 3 saturated carbocycles. The van der Waals surface area contributed by atoms with Gasteiger partial charge in [0.2, 0.25) is 0 Å². The number of carbonyl (C=O) groups excluding carboxylic acids is 2. The van der Waals surface area contributed by atoms with Gasteiger partial charge < -0.3 is 24.2 Å². The maximum absolute atomic E-state index is 15.6. The SMILES string of the molecule is CCOC(=O)[C@@H](c1ncn2c1CCC2)N1Cc2c(F)cc(-c3ccc(C45CC(CN6CCC(CO)CC6)(C4)C5)cc3)cc2C1=O. The van der Waals surface area contributed by atoms with Gasteiger partial charge in [-0.3, -0.25) is 4.79 Å². The third-order valence-corrected chi connectivity index (χ3v) is 11.4. The summed E-state index contributed by atoms with van der Waals surface area (Å²) in [5.74, 6) is -0.881. The molecule has 6 aliphatic rings. The Kier molecular flexibility index (Phi) is 6.91. The fraction of sp³-hybridized carbons (Fsp3) is 0.528. The monoisotopic (exact) mass is 612 g/mol. The molecule has 1 amide bonds. The largest absolute Gasteiger partial charge is 0.464 e. The second-order valence-corrected chi connectivity index (χ2v) is 14.2. The number of likely N-dealkylation sites (tertiary alicyclic amines) is 1. The number of aliphatic hydroxyl groups excluding tert-OH is 1. The van der Waals surface area contributed by atoms with Gasteiger partial charge in [0.1, 0.15) is 5.82 Å². The summed E-state index contributed by atoms with van der Waals surface area (Å²) in [6, 6.07) is 10.7. The van der Waals surface area contributed by atoms with E-state index in [0.717, 1.165) is 56.6 Å². The van der Waals surface area contributed by atoms with E-state index < -0.39 is 17.8 Å². The molecule has 1 aromatic heterocycles. The van der Waals surface area contributed by atoms with E-state index in [1.807, 2.05) is 4.57 Å². The lowest BCUT2D eigenvalue weighted by atomic mass is 9.33. The zero-order chi connectivity index (χ0) is 30.9. The number of rotatable bonds is 9. The predicted molar refractivity (Wildman–Crippen MR) is 166 cm³/mol. The maximum atomic E-state index is 15.6. The molecule has 0 radical (unpaired) electrons. The highest BCUT2D eigenvalue weighted by Gasteiger charge is 2.68. The molecule has 3 aromatic rings. The molecule has 2 bridgehead atoms. The Balaban J connectivity index is 0.982. The Bertz CT molecular complexity index is 1640. The normalized spacial score (nSPS) is 26.3. The molecular weight excluding hydrogens is 571 g/mol. The molecule has 0 spiro atoms. The average Bonchev–Trinajstić information content (AvgIpc) is 3.72. The summed E-state index contributed by atoms with van der Waals surface area (Å²) < 4.78 is 23.1. The molecule has 45 heavy (non-hydrogen) atoms. The molecule has 9 rings (SSSR count). The fourth-order valence-corrected chi connectivity index (χ4v) is 9.19. The summed E-state index contributed by atoms with van der Waals surface area (Å²) in [5.41, 5.74) is 5.66. The molecule has 2 aromatic carbocycles. The van der Waals surface area contributed by atoms with Gasteiger partial charge in [-0.05, 0) is 111 Å². The van der Waals surface area contributed by atoms with Crippen LogP contribution in [0.25, 0.3) is 11.1 Å². The van der Waals surface area contributed by atoms with E-state index >= 15 is 4.39 Å². The number of halogens is 1. The molecule has 1 atom stereocenters. The highest BCUT2D eigenvalue weighted by Crippen LogP contribution is 2.73. The molecule has 0 unspecified atom stereocenters. The van der Waals surface area contributed by atoms with E-state index in [2.05, 4.69) is 34.1 Å². The number of piperidine rings is 1. The first kappa shape index (κ1) is 28.9. The number of esters is 1. The van der Waals surface area contributed by atoms with Crippen molar-refractivity contribution in [1.82, 2.24) is 19.4 Å². The van der Waals surface area contributed by atoms with Gasteiger partial charge in [0.05, 0.1) is 25.2 Å². The van der Waals surface area contributed by atoms with Gasteiger partial charge in [-0.15, -0.1) is 0 Å². The predicted octanol–water partition coefficient (Wildman–Crippen LogP) is 5.02. The van der Waals surface area contributed by atoms with Crippen LogP contribution in [0.3, 0.4) is 0 Å². The maximum Gasteiger partial charge on any atom is 0.335 e. The highest BCUT2D eigenvalue weighted by molar-refractivity contribution is 6.02. The summed E-state index contributed by atoms with van der Waals surface area (Å²) in [5, 5.41) is 9.44. The fourth-order valence-electron chi connectivity index (χ4n) is 9.19. The first-order valence-electron chi connectivity index (χ1n) is 16.6. The van der Waals surface area contributed by atoms with Crippen LogP contribution in [0.15, 0.2) is 42.7 Å².